The van der Waals surface area contributed by atoms with Crippen LogP contribution in [-0.4, -0.2) is 78.1 Å². The van der Waals surface area contributed by atoms with Gasteiger partial charge in [-0.15, -0.1) is 11.3 Å². The van der Waals surface area contributed by atoms with Crippen molar-refractivity contribution in [2.45, 2.75) is 91.3 Å². The average Bonchev–Trinajstić information content (AvgIpc) is 3.67. The topological polar surface area (TPSA) is 109 Å². The van der Waals surface area contributed by atoms with Gasteiger partial charge in [-0.05, 0) is 63.1 Å². The van der Waals surface area contributed by atoms with E-state index in [-0.39, 0.29) is 59.5 Å². The second-order valence-electron chi connectivity index (χ2n) is 13.6. The van der Waals surface area contributed by atoms with Gasteiger partial charge in [0.15, 0.2) is 6.10 Å². The molecule has 1 heterocycles. The highest BCUT2D eigenvalue weighted by Crippen LogP contribution is 2.40. The van der Waals surface area contributed by atoms with Crippen molar-refractivity contribution in [2.24, 2.45) is 23.7 Å². The highest BCUT2D eigenvalue weighted by atomic mass is 32.1. The number of Topliss-reactive ketones (excluding diaryl/α,β-unsaturated/α-hetero) is 1. The first-order chi connectivity index (χ1) is 21.2. The number of thiazole rings is 1. The van der Waals surface area contributed by atoms with Crippen LogP contribution in [0.25, 0.3) is 0 Å². The number of esters is 1. The highest BCUT2D eigenvalue weighted by molar-refractivity contribution is 7.09. The lowest BCUT2D eigenvalue weighted by molar-refractivity contribution is -0.149. The van der Waals surface area contributed by atoms with Gasteiger partial charge in [-0.2, -0.15) is 0 Å². The summed E-state index contributed by atoms with van der Waals surface area (Å²) in [5, 5.41) is 5.39. The lowest BCUT2D eigenvalue weighted by Crippen LogP contribution is -2.45. The quantitative estimate of drug-likeness (QED) is 0.213. The molecule has 9 nitrogen and oxygen atoms in total. The monoisotopic (exact) mass is 640 g/mol. The minimum atomic E-state index is -0.720. The number of likely N-dealkylation sites (N-methyl/N-ethyl adjacent to an activating group) is 1. The number of hydrogen-bond acceptors (Lipinski definition) is 8. The van der Waals surface area contributed by atoms with Gasteiger partial charge in [0, 0.05) is 50.2 Å². The second-order valence-corrected chi connectivity index (χ2v) is 14.5. The van der Waals surface area contributed by atoms with Gasteiger partial charge in [-0.3, -0.25) is 19.2 Å². The number of aromatic nitrogens is 1. The average molecular weight is 641 g/mol. The number of carbonyl (C=O) groups is 4. The van der Waals surface area contributed by atoms with Crippen molar-refractivity contribution in [3.8, 4) is 0 Å². The molecule has 45 heavy (non-hydrogen) atoms. The summed E-state index contributed by atoms with van der Waals surface area (Å²) in [5.41, 5.74) is 1.44. The van der Waals surface area contributed by atoms with Crippen molar-refractivity contribution in [2.75, 3.05) is 27.7 Å². The smallest absolute Gasteiger partial charge is 0.303 e. The van der Waals surface area contributed by atoms with Gasteiger partial charge < -0.3 is 19.9 Å². The van der Waals surface area contributed by atoms with E-state index in [4.69, 9.17) is 4.74 Å². The Balaban J connectivity index is 1.76. The zero-order chi connectivity index (χ0) is 33.3. The molecular formula is C35H52N4O5S. The summed E-state index contributed by atoms with van der Waals surface area (Å²) < 4.78 is 5.76. The van der Waals surface area contributed by atoms with Crippen LogP contribution < -0.4 is 5.32 Å². The van der Waals surface area contributed by atoms with Crippen LogP contribution in [0.15, 0.2) is 35.7 Å². The molecule has 0 aliphatic heterocycles. The molecule has 0 bridgehead atoms. The van der Waals surface area contributed by atoms with Crippen LogP contribution in [0.3, 0.4) is 0 Å². The van der Waals surface area contributed by atoms with E-state index in [1.807, 2.05) is 51.0 Å². The fourth-order valence-corrected chi connectivity index (χ4v) is 6.84. The fourth-order valence-electron chi connectivity index (χ4n) is 6.00. The molecule has 1 N–H and O–H groups in total. The number of ketones is 1. The molecule has 0 radical (unpaired) electrons. The number of hydrogen-bond donors (Lipinski definition) is 1. The Morgan fingerprint density at radius 1 is 1.02 bits per heavy atom. The van der Waals surface area contributed by atoms with E-state index < -0.39 is 12.1 Å². The van der Waals surface area contributed by atoms with Gasteiger partial charge in [-0.1, -0.05) is 58.0 Å². The molecular weight excluding hydrogens is 588 g/mol. The Kier molecular flexibility index (Phi) is 13.7. The van der Waals surface area contributed by atoms with Crippen molar-refractivity contribution in [3.63, 3.8) is 0 Å². The van der Waals surface area contributed by atoms with Gasteiger partial charge in [0.1, 0.15) is 16.5 Å². The summed E-state index contributed by atoms with van der Waals surface area (Å²) in [5.74, 6) is -0.372. The van der Waals surface area contributed by atoms with E-state index in [0.29, 0.717) is 23.9 Å². The number of carbonyl (C=O) groups excluding carboxylic acids is 4. The molecule has 4 unspecified atom stereocenters. The predicted molar refractivity (Wildman–Crippen MR) is 178 cm³/mol. The van der Waals surface area contributed by atoms with Crippen molar-refractivity contribution in [1.29, 1.82) is 0 Å². The first-order valence-electron chi connectivity index (χ1n) is 16.2. The fraction of sp³-hybridized carbons (Fsp3) is 0.629. The van der Waals surface area contributed by atoms with E-state index in [2.05, 4.69) is 36.3 Å². The summed E-state index contributed by atoms with van der Waals surface area (Å²) in [6, 6.07) is 9.77. The predicted octanol–water partition coefficient (Wildman–Crippen LogP) is 5.55. The first-order valence-corrected chi connectivity index (χ1v) is 17.0. The van der Waals surface area contributed by atoms with Crippen LogP contribution in [0.5, 0.6) is 0 Å². The van der Waals surface area contributed by atoms with Crippen LogP contribution in [0, 0.1) is 23.7 Å². The highest BCUT2D eigenvalue weighted by Gasteiger charge is 2.41. The number of benzene rings is 1. The summed E-state index contributed by atoms with van der Waals surface area (Å²) in [6.45, 7) is 10.0. The molecule has 1 aromatic carbocycles. The standard InChI is InChI=1S/C35H52N4O5S/c1-22(2)16-27(17-25-12-10-9-11-13-25)36-33(42)30-21-45-34(37-30)32(44-24(5)40)19-31(23(3)4)39(8)35(43)29(26-14-15-26)18-28(41)20-38(6)7/h9-13,21-23,26-27,29,31-32H,14-20H2,1-8H3,(H,36,42). The minimum Gasteiger partial charge on any atom is -0.455 e. The molecule has 0 spiro atoms. The Morgan fingerprint density at radius 2 is 1.69 bits per heavy atom. The Bertz CT molecular complexity index is 1270. The Labute approximate surface area is 273 Å². The van der Waals surface area contributed by atoms with E-state index in [1.54, 1.807) is 17.3 Å². The molecule has 10 heteroatoms. The molecule has 248 valence electrons. The maximum atomic E-state index is 13.8. The molecule has 1 aromatic heterocycles. The lowest BCUT2D eigenvalue weighted by atomic mass is 9.91. The lowest BCUT2D eigenvalue weighted by Gasteiger charge is -2.35. The van der Waals surface area contributed by atoms with Crippen LogP contribution in [0.1, 0.15) is 93.9 Å². The molecule has 2 aromatic rings. The largest absolute Gasteiger partial charge is 0.455 e. The number of ether oxygens (including phenoxy) is 1. The summed E-state index contributed by atoms with van der Waals surface area (Å²) >= 11 is 1.28. The van der Waals surface area contributed by atoms with Crippen molar-refractivity contribution < 1.29 is 23.9 Å². The normalized spacial score (nSPS) is 15.9. The third-order valence-electron chi connectivity index (χ3n) is 8.27. The van der Waals surface area contributed by atoms with Crippen molar-refractivity contribution in [1.82, 2.24) is 20.1 Å². The molecule has 0 saturated heterocycles. The molecule has 1 aliphatic carbocycles. The van der Waals surface area contributed by atoms with E-state index >= 15 is 0 Å². The van der Waals surface area contributed by atoms with E-state index in [1.165, 1.54) is 18.3 Å². The second kappa shape index (κ2) is 17.0. The number of rotatable bonds is 18. The minimum absolute atomic E-state index is 0.0429. The Hall–Kier alpha value is -3.11. The van der Waals surface area contributed by atoms with Gasteiger partial charge in [0.05, 0.1) is 6.54 Å². The van der Waals surface area contributed by atoms with Crippen LogP contribution in [0.4, 0.5) is 0 Å². The third kappa shape index (κ3) is 11.6. The Morgan fingerprint density at radius 3 is 2.24 bits per heavy atom. The summed E-state index contributed by atoms with van der Waals surface area (Å²) in [7, 11) is 5.49. The number of nitrogens with one attached hydrogen (secondary N) is 1. The number of amides is 2. The molecule has 1 aliphatic rings. The molecule has 3 rings (SSSR count). The molecule has 1 fully saturated rings. The zero-order valence-electron chi connectivity index (χ0n) is 28.2. The maximum Gasteiger partial charge on any atom is 0.303 e. The van der Waals surface area contributed by atoms with Crippen molar-refractivity contribution in [3.05, 3.63) is 52.0 Å². The summed E-state index contributed by atoms with van der Waals surface area (Å²) in [4.78, 5) is 60.3. The number of nitrogens with zero attached hydrogens (tertiary/aromatic N) is 3. The SMILES string of the molecule is CC(=O)OC(CC(C(C)C)N(C)C(=O)C(CC(=O)CN(C)C)C1CC1)c1nc(C(=O)NC(Cc2ccccc2)CC(C)C)cs1. The van der Waals surface area contributed by atoms with E-state index in [0.717, 1.165) is 31.2 Å². The van der Waals surface area contributed by atoms with Crippen LogP contribution >= 0.6 is 11.3 Å². The van der Waals surface area contributed by atoms with Gasteiger partial charge in [0.25, 0.3) is 5.91 Å². The van der Waals surface area contributed by atoms with E-state index in [9.17, 15) is 19.2 Å². The molecule has 4 atom stereocenters. The van der Waals surface area contributed by atoms with Gasteiger partial charge >= 0.3 is 5.97 Å². The third-order valence-corrected chi connectivity index (χ3v) is 9.21. The zero-order valence-corrected chi connectivity index (χ0v) is 29.1. The summed E-state index contributed by atoms with van der Waals surface area (Å²) in [6.07, 6.45) is 3.30. The van der Waals surface area contributed by atoms with Gasteiger partial charge in [0.2, 0.25) is 5.91 Å². The first kappa shape index (κ1) is 36.4. The van der Waals surface area contributed by atoms with Gasteiger partial charge in [-0.25, -0.2) is 4.98 Å². The maximum absolute atomic E-state index is 13.8. The van der Waals surface area contributed by atoms with Crippen molar-refractivity contribution >= 4 is 34.9 Å². The molecule has 1 saturated carbocycles. The van der Waals surface area contributed by atoms with Crippen LogP contribution in [0.2, 0.25) is 0 Å². The van der Waals surface area contributed by atoms with Crippen LogP contribution in [-0.2, 0) is 25.5 Å². The molecule has 2 amide bonds.